The number of aromatic nitrogens is 4. The Kier molecular flexibility index (Phi) is 2.18. The predicted octanol–water partition coefficient (Wildman–Crippen LogP) is 2.91. The van der Waals surface area contributed by atoms with E-state index in [1.165, 1.54) is 0 Å². The highest BCUT2D eigenvalue weighted by Crippen LogP contribution is 2.43. The minimum atomic E-state index is 0.830. The highest BCUT2D eigenvalue weighted by molar-refractivity contribution is 5.96. The van der Waals surface area contributed by atoms with E-state index >= 15 is 0 Å². The fourth-order valence-corrected chi connectivity index (χ4v) is 2.65. The summed E-state index contributed by atoms with van der Waals surface area (Å²) in [6.45, 7) is 2.07. The van der Waals surface area contributed by atoms with Gasteiger partial charge in [0.05, 0.1) is 5.69 Å². The number of nitrogens with zero attached hydrogens (tertiary/aromatic N) is 4. The fraction of sp³-hybridized carbons (Fsp3) is 0.133. The number of rotatable bonds is 0. The van der Waals surface area contributed by atoms with Crippen LogP contribution in [-0.2, 0) is 7.05 Å². The summed E-state index contributed by atoms with van der Waals surface area (Å²) in [7, 11) is 1.96. The number of hydrogen-bond donors (Lipinski definition) is 1. The molecule has 0 atom stereocenters. The van der Waals surface area contributed by atoms with E-state index in [0.29, 0.717) is 0 Å². The first kappa shape index (κ1) is 11.2. The Balaban J connectivity index is 2.16. The van der Waals surface area contributed by atoms with Gasteiger partial charge < -0.3 is 5.32 Å². The van der Waals surface area contributed by atoms with Gasteiger partial charge in [-0.3, -0.25) is 9.67 Å². The van der Waals surface area contributed by atoms with E-state index in [0.717, 1.165) is 39.6 Å². The fourth-order valence-electron chi connectivity index (χ4n) is 2.65. The van der Waals surface area contributed by atoms with Gasteiger partial charge in [-0.25, -0.2) is 4.98 Å². The number of hydrogen-bond acceptors (Lipinski definition) is 4. The standard InChI is InChI=1S/C15H13N5/c1-9-13-11-8-16-7-5-12(11)18-15-10(4-3-6-17-15)14(13)19-20(9)2/h3-8H,1-2H3,(H,17,18). The van der Waals surface area contributed by atoms with Crippen LogP contribution in [0.1, 0.15) is 5.69 Å². The van der Waals surface area contributed by atoms with E-state index in [-0.39, 0.29) is 0 Å². The van der Waals surface area contributed by atoms with Gasteiger partial charge in [0, 0.05) is 48.0 Å². The monoisotopic (exact) mass is 263 g/mol. The van der Waals surface area contributed by atoms with Gasteiger partial charge in [-0.1, -0.05) is 0 Å². The van der Waals surface area contributed by atoms with Crippen molar-refractivity contribution in [2.75, 3.05) is 5.32 Å². The van der Waals surface area contributed by atoms with Crippen LogP contribution >= 0.6 is 0 Å². The normalized spacial score (nSPS) is 11.9. The molecule has 3 aromatic heterocycles. The lowest BCUT2D eigenvalue weighted by atomic mass is 10.0. The molecule has 4 heterocycles. The molecule has 0 spiro atoms. The topological polar surface area (TPSA) is 55.6 Å². The van der Waals surface area contributed by atoms with Gasteiger partial charge in [-0.2, -0.15) is 5.10 Å². The van der Waals surface area contributed by atoms with E-state index in [4.69, 9.17) is 0 Å². The Morgan fingerprint density at radius 1 is 1.15 bits per heavy atom. The van der Waals surface area contributed by atoms with Crippen molar-refractivity contribution in [1.29, 1.82) is 0 Å². The van der Waals surface area contributed by atoms with Crippen molar-refractivity contribution in [3.63, 3.8) is 0 Å². The number of aryl methyl sites for hydroxylation is 1. The molecule has 0 saturated carbocycles. The van der Waals surface area contributed by atoms with Gasteiger partial charge in [-0.15, -0.1) is 0 Å². The molecule has 0 aromatic carbocycles. The van der Waals surface area contributed by atoms with Crippen molar-refractivity contribution in [3.05, 3.63) is 42.5 Å². The van der Waals surface area contributed by atoms with Crippen molar-refractivity contribution in [2.24, 2.45) is 7.05 Å². The number of nitrogens with one attached hydrogen (secondary N) is 1. The third-order valence-electron chi connectivity index (χ3n) is 3.74. The Morgan fingerprint density at radius 2 is 2.05 bits per heavy atom. The maximum absolute atomic E-state index is 4.66. The second-order valence-electron chi connectivity index (χ2n) is 4.88. The molecular formula is C15H13N5. The quantitative estimate of drug-likeness (QED) is 0.530. The van der Waals surface area contributed by atoms with Crippen LogP contribution in [0.2, 0.25) is 0 Å². The second-order valence-corrected chi connectivity index (χ2v) is 4.88. The predicted molar refractivity (Wildman–Crippen MR) is 77.7 cm³/mol. The summed E-state index contributed by atoms with van der Waals surface area (Å²) >= 11 is 0. The van der Waals surface area contributed by atoms with Crippen LogP contribution in [0.3, 0.4) is 0 Å². The molecule has 3 aromatic rings. The zero-order chi connectivity index (χ0) is 13.7. The molecule has 1 aliphatic rings. The molecule has 0 amide bonds. The van der Waals surface area contributed by atoms with Gasteiger partial charge in [0.2, 0.25) is 0 Å². The van der Waals surface area contributed by atoms with Crippen LogP contribution in [0, 0.1) is 6.92 Å². The summed E-state index contributed by atoms with van der Waals surface area (Å²) in [6.07, 6.45) is 5.44. The maximum atomic E-state index is 4.66. The molecule has 98 valence electrons. The molecule has 0 bridgehead atoms. The summed E-state index contributed by atoms with van der Waals surface area (Å²) in [5.74, 6) is 0.830. The van der Waals surface area contributed by atoms with Crippen molar-refractivity contribution < 1.29 is 0 Å². The molecule has 4 rings (SSSR count). The van der Waals surface area contributed by atoms with Gasteiger partial charge >= 0.3 is 0 Å². The van der Waals surface area contributed by atoms with Crippen LogP contribution in [0.25, 0.3) is 22.4 Å². The first-order valence-corrected chi connectivity index (χ1v) is 6.46. The van der Waals surface area contributed by atoms with E-state index in [1.54, 1.807) is 12.4 Å². The zero-order valence-electron chi connectivity index (χ0n) is 11.3. The van der Waals surface area contributed by atoms with Gasteiger partial charge in [-0.05, 0) is 25.1 Å². The van der Waals surface area contributed by atoms with E-state index in [9.17, 15) is 0 Å². The van der Waals surface area contributed by atoms with Crippen molar-refractivity contribution in [3.8, 4) is 22.4 Å². The van der Waals surface area contributed by atoms with Crippen LogP contribution in [0.15, 0.2) is 36.8 Å². The molecule has 0 unspecified atom stereocenters. The Hall–Kier alpha value is -2.69. The average Bonchev–Trinajstić information content (AvgIpc) is 2.68. The third kappa shape index (κ3) is 1.40. The van der Waals surface area contributed by atoms with Gasteiger partial charge in [0.1, 0.15) is 11.5 Å². The summed E-state index contributed by atoms with van der Waals surface area (Å²) in [4.78, 5) is 8.69. The summed E-state index contributed by atoms with van der Waals surface area (Å²) in [5.41, 5.74) is 6.28. The lowest BCUT2D eigenvalue weighted by molar-refractivity contribution is 0.743. The molecule has 0 saturated heterocycles. The zero-order valence-corrected chi connectivity index (χ0v) is 11.3. The highest BCUT2D eigenvalue weighted by Gasteiger charge is 2.24. The SMILES string of the molecule is Cc1c2c(nn1C)-c1cccnc1Nc1ccncc1-2. The number of fused-ring (bicyclic) bond motifs is 5. The van der Waals surface area contributed by atoms with E-state index < -0.39 is 0 Å². The van der Waals surface area contributed by atoms with Crippen molar-refractivity contribution >= 4 is 11.5 Å². The molecule has 0 fully saturated rings. The molecule has 5 nitrogen and oxygen atoms in total. The minimum Gasteiger partial charge on any atom is -0.339 e. The number of anilines is 2. The van der Waals surface area contributed by atoms with Gasteiger partial charge in [0.15, 0.2) is 0 Å². The molecule has 20 heavy (non-hydrogen) atoms. The van der Waals surface area contributed by atoms with E-state index in [2.05, 4.69) is 27.3 Å². The molecule has 5 heteroatoms. The maximum Gasteiger partial charge on any atom is 0.139 e. The Morgan fingerprint density at radius 3 is 2.95 bits per heavy atom. The molecule has 1 aliphatic heterocycles. The number of pyridine rings is 2. The van der Waals surface area contributed by atoms with Crippen LogP contribution in [-0.4, -0.2) is 19.7 Å². The first-order chi connectivity index (χ1) is 9.75. The minimum absolute atomic E-state index is 0.830. The van der Waals surface area contributed by atoms with Crippen molar-refractivity contribution in [1.82, 2.24) is 19.7 Å². The molecule has 0 aliphatic carbocycles. The Labute approximate surface area is 116 Å². The van der Waals surface area contributed by atoms with Crippen LogP contribution < -0.4 is 5.32 Å². The lowest BCUT2D eigenvalue weighted by Crippen LogP contribution is -1.98. The first-order valence-electron chi connectivity index (χ1n) is 6.46. The smallest absolute Gasteiger partial charge is 0.139 e. The highest BCUT2D eigenvalue weighted by atomic mass is 15.3. The summed E-state index contributed by atoms with van der Waals surface area (Å²) in [5, 5.41) is 8.04. The lowest BCUT2D eigenvalue weighted by Gasteiger charge is -2.08. The van der Waals surface area contributed by atoms with Gasteiger partial charge in [0.25, 0.3) is 0 Å². The van der Waals surface area contributed by atoms with Crippen LogP contribution in [0.5, 0.6) is 0 Å². The third-order valence-corrected chi connectivity index (χ3v) is 3.74. The van der Waals surface area contributed by atoms with Crippen molar-refractivity contribution in [2.45, 2.75) is 6.92 Å². The molecular weight excluding hydrogens is 250 g/mol. The second kappa shape index (κ2) is 3.90. The van der Waals surface area contributed by atoms with Crippen LogP contribution in [0.4, 0.5) is 11.5 Å². The molecule has 1 N–H and O–H groups in total. The molecule has 0 radical (unpaired) electrons. The largest absolute Gasteiger partial charge is 0.339 e. The summed E-state index contributed by atoms with van der Waals surface area (Å²) < 4.78 is 1.91. The Bertz CT molecular complexity index is 819. The van der Waals surface area contributed by atoms with E-state index in [1.807, 2.05) is 36.1 Å². The summed E-state index contributed by atoms with van der Waals surface area (Å²) in [6, 6.07) is 5.94. The average molecular weight is 263 g/mol.